The molecule has 90 valence electrons. The number of fused-ring (bicyclic) bond motifs is 3. The van der Waals surface area contributed by atoms with E-state index in [0.29, 0.717) is 10.2 Å². The van der Waals surface area contributed by atoms with Gasteiger partial charge in [0.15, 0.2) is 4.77 Å². The molecule has 4 nitrogen and oxygen atoms in total. The summed E-state index contributed by atoms with van der Waals surface area (Å²) in [6.45, 7) is 1.87. The number of aromatic nitrogens is 3. The van der Waals surface area contributed by atoms with Gasteiger partial charge in [-0.15, -0.1) is 0 Å². The van der Waals surface area contributed by atoms with Crippen molar-refractivity contribution in [3.8, 4) is 0 Å². The predicted molar refractivity (Wildman–Crippen MR) is 74.4 cm³/mol. The molecule has 5 heteroatoms. The Kier molecular flexibility index (Phi) is 2.31. The van der Waals surface area contributed by atoms with Gasteiger partial charge in [-0.3, -0.25) is 14.3 Å². The SMILES string of the molecule is Cc1nc2ccccc2c2c(=O)n(C)c(=S)[nH]c12. The molecule has 0 saturated heterocycles. The summed E-state index contributed by atoms with van der Waals surface area (Å²) in [4.78, 5) is 19.9. The quantitative estimate of drug-likeness (QED) is 0.497. The Labute approximate surface area is 108 Å². The molecular formula is C13H11N3OS. The molecule has 1 N–H and O–H groups in total. The molecule has 3 rings (SSSR count). The Morgan fingerprint density at radius 3 is 2.83 bits per heavy atom. The van der Waals surface area contributed by atoms with Gasteiger partial charge in [-0.2, -0.15) is 0 Å². The molecule has 18 heavy (non-hydrogen) atoms. The Morgan fingerprint density at radius 1 is 1.33 bits per heavy atom. The van der Waals surface area contributed by atoms with Gasteiger partial charge in [0.1, 0.15) is 0 Å². The largest absolute Gasteiger partial charge is 0.330 e. The second kappa shape index (κ2) is 3.74. The summed E-state index contributed by atoms with van der Waals surface area (Å²) in [7, 11) is 1.67. The first-order valence-corrected chi connectivity index (χ1v) is 5.99. The maximum atomic E-state index is 12.4. The molecule has 0 spiro atoms. The number of nitrogens with zero attached hydrogens (tertiary/aromatic N) is 2. The number of benzene rings is 1. The molecule has 0 aliphatic rings. The Hall–Kier alpha value is -2.01. The highest BCUT2D eigenvalue weighted by Gasteiger charge is 2.10. The molecule has 0 atom stereocenters. The number of rotatable bonds is 0. The molecule has 0 radical (unpaired) electrons. The molecule has 2 heterocycles. The maximum Gasteiger partial charge on any atom is 0.262 e. The van der Waals surface area contributed by atoms with E-state index in [1.54, 1.807) is 7.05 Å². The molecule has 1 aromatic carbocycles. The maximum absolute atomic E-state index is 12.4. The number of H-pyrrole nitrogens is 1. The van der Waals surface area contributed by atoms with Gasteiger partial charge in [0.05, 0.1) is 22.1 Å². The van der Waals surface area contributed by atoms with E-state index in [4.69, 9.17) is 12.2 Å². The standard InChI is InChI=1S/C13H11N3OS/c1-7-11-10(12(17)16(2)13(18)15-11)8-5-3-4-6-9(8)14-7/h3-6H,1-2H3,(H,15,18). The molecule has 0 saturated carbocycles. The lowest BCUT2D eigenvalue weighted by molar-refractivity contribution is 0.823. The van der Waals surface area contributed by atoms with Gasteiger partial charge in [-0.25, -0.2) is 0 Å². The Morgan fingerprint density at radius 2 is 2.06 bits per heavy atom. The highest BCUT2D eigenvalue weighted by atomic mass is 32.1. The van der Waals surface area contributed by atoms with E-state index < -0.39 is 0 Å². The van der Waals surface area contributed by atoms with E-state index in [9.17, 15) is 4.79 Å². The van der Waals surface area contributed by atoms with Gasteiger partial charge in [0.25, 0.3) is 5.56 Å². The van der Waals surface area contributed by atoms with E-state index in [0.717, 1.165) is 22.1 Å². The summed E-state index contributed by atoms with van der Waals surface area (Å²) in [5.74, 6) is 0. The van der Waals surface area contributed by atoms with E-state index >= 15 is 0 Å². The van der Waals surface area contributed by atoms with Crippen LogP contribution in [0, 0.1) is 11.7 Å². The summed E-state index contributed by atoms with van der Waals surface area (Å²) in [5, 5.41) is 1.50. The number of pyridine rings is 1. The normalized spacial score (nSPS) is 11.2. The van der Waals surface area contributed by atoms with Crippen molar-refractivity contribution < 1.29 is 0 Å². The number of para-hydroxylation sites is 1. The van der Waals surface area contributed by atoms with Gasteiger partial charge in [0, 0.05) is 12.4 Å². The van der Waals surface area contributed by atoms with Crippen LogP contribution in [0.1, 0.15) is 5.69 Å². The highest BCUT2D eigenvalue weighted by molar-refractivity contribution is 7.71. The lowest BCUT2D eigenvalue weighted by atomic mass is 10.1. The molecule has 3 aromatic rings. The Balaban J connectivity index is 2.76. The van der Waals surface area contributed by atoms with Crippen molar-refractivity contribution in [2.24, 2.45) is 7.05 Å². The molecule has 0 fully saturated rings. The van der Waals surface area contributed by atoms with Crippen LogP contribution in [0.25, 0.3) is 21.8 Å². The van der Waals surface area contributed by atoms with Crippen LogP contribution in [-0.4, -0.2) is 14.5 Å². The van der Waals surface area contributed by atoms with E-state index in [1.165, 1.54) is 4.57 Å². The third-order valence-corrected chi connectivity index (χ3v) is 3.50. The van der Waals surface area contributed by atoms with Gasteiger partial charge in [-0.1, -0.05) is 18.2 Å². The molecule has 0 aliphatic heterocycles. The summed E-state index contributed by atoms with van der Waals surface area (Å²) < 4.78 is 1.86. The zero-order chi connectivity index (χ0) is 12.9. The van der Waals surface area contributed by atoms with Crippen LogP contribution in [0.4, 0.5) is 0 Å². The smallest absolute Gasteiger partial charge is 0.262 e. The van der Waals surface area contributed by atoms with Crippen molar-refractivity contribution in [2.75, 3.05) is 0 Å². The predicted octanol–water partition coefficient (Wildman–Crippen LogP) is 2.45. The second-order valence-corrected chi connectivity index (χ2v) is 4.65. The minimum atomic E-state index is -0.0875. The number of nitrogens with one attached hydrogen (secondary N) is 1. The first-order chi connectivity index (χ1) is 8.59. The minimum Gasteiger partial charge on any atom is -0.330 e. The number of aromatic amines is 1. The molecule has 2 aromatic heterocycles. The minimum absolute atomic E-state index is 0.0875. The van der Waals surface area contributed by atoms with Crippen LogP contribution in [0.15, 0.2) is 29.1 Å². The monoisotopic (exact) mass is 257 g/mol. The van der Waals surface area contributed by atoms with Gasteiger partial charge < -0.3 is 4.98 Å². The van der Waals surface area contributed by atoms with Crippen LogP contribution < -0.4 is 5.56 Å². The topological polar surface area (TPSA) is 50.7 Å². The highest BCUT2D eigenvalue weighted by Crippen LogP contribution is 2.21. The molecule has 0 bridgehead atoms. The zero-order valence-corrected chi connectivity index (χ0v) is 10.8. The lowest BCUT2D eigenvalue weighted by Crippen LogP contribution is -2.19. The van der Waals surface area contributed by atoms with E-state index in [2.05, 4.69) is 9.97 Å². The summed E-state index contributed by atoms with van der Waals surface area (Å²) in [5.41, 5.74) is 2.25. The number of aryl methyl sites for hydroxylation is 1. The van der Waals surface area contributed by atoms with E-state index in [1.807, 2.05) is 31.2 Å². The lowest BCUT2D eigenvalue weighted by Gasteiger charge is -2.08. The van der Waals surface area contributed by atoms with Crippen molar-refractivity contribution in [1.82, 2.24) is 14.5 Å². The average Bonchev–Trinajstić information content (AvgIpc) is 2.36. The third-order valence-electron chi connectivity index (χ3n) is 3.13. The fourth-order valence-corrected chi connectivity index (χ4v) is 2.35. The van der Waals surface area contributed by atoms with Gasteiger partial charge >= 0.3 is 0 Å². The molecular weight excluding hydrogens is 246 g/mol. The van der Waals surface area contributed by atoms with Crippen molar-refractivity contribution in [3.05, 3.63) is 45.1 Å². The Bertz CT molecular complexity index is 892. The van der Waals surface area contributed by atoms with Gasteiger partial charge in [0.2, 0.25) is 0 Å². The van der Waals surface area contributed by atoms with Crippen molar-refractivity contribution in [2.45, 2.75) is 6.92 Å². The number of hydrogen-bond acceptors (Lipinski definition) is 3. The molecule has 0 aliphatic carbocycles. The summed E-state index contributed by atoms with van der Waals surface area (Å²) in [6, 6.07) is 7.63. The first-order valence-electron chi connectivity index (χ1n) is 5.58. The molecule has 0 amide bonds. The third kappa shape index (κ3) is 1.41. The van der Waals surface area contributed by atoms with Crippen LogP contribution >= 0.6 is 12.2 Å². The zero-order valence-electron chi connectivity index (χ0n) is 10.0. The summed E-state index contributed by atoms with van der Waals surface area (Å²) >= 11 is 5.13. The van der Waals surface area contributed by atoms with Crippen LogP contribution in [-0.2, 0) is 7.05 Å². The fourth-order valence-electron chi connectivity index (χ4n) is 2.16. The van der Waals surface area contributed by atoms with E-state index in [-0.39, 0.29) is 5.56 Å². The second-order valence-electron chi connectivity index (χ2n) is 4.26. The number of hydrogen-bond donors (Lipinski definition) is 1. The summed E-state index contributed by atoms with van der Waals surface area (Å²) in [6.07, 6.45) is 0. The van der Waals surface area contributed by atoms with Crippen molar-refractivity contribution >= 4 is 34.0 Å². The van der Waals surface area contributed by atoms with Gasteiger partial charge in [-0.05, 0) is 25.2 Å². The van der Waals surface area contributed by atoms with Crippen LogP contribution in [0.2, 0.25) is 0 Å². The fraction of sp³-hybridized carbons (Fsp3) is 0.154. The van der Waals surface area contributed by atoms with Crippen molar-refractivity contribution in [3.63, 3.8) is 0 Å². The first kappa shape index (κ1) is 11.1. The average molecular weight is 257 g/mol. The van der Waals surface area contributed by atoms with Crippen LogP contribution in [0.5, 0.6) is 0 Å². The van der Waals surface area contributed by atoms with Crippen molar-refractivity contribution in [1.29, 1.82) is 0 Å². The molecule has 0 unspecified atom stereocenters. The van der Waals surface area contributed by atoms with Crippen LogP contribution in [0.3, 0.4) is 0 Å².